The Morgan fingerprint density at radius 2 is 1.92 bits per heavy atom. The zero-order chi connectivity index (χ0) is 16.9. The standard InChI is InChI=1S/C17H15ClN4O2/c1-11-6-8-12(9-7-11)20-17(23)19-10-15-21-16(22-24-15)13-4-2-3-5-14(13)18/h2-9H,10H2,1H3,(H2,19,20,23). The lowest BCUT2D eigenvalue weighted by molar-refractivity contribution is 0.249. The number of hydrogen-bond donors (Lipinski definition) is 2. The van der Waals surface area contributed by atoms with Crippen LogP contribution in [0.4, 0.5) is 10.5 Å². The average molecular weight is 343 g/mol. The first-order valence-electron chi connectivity index (χ1n) is 7.31. The summed E-state index contributed by atoms with van der Waals surface area (Å²) in [5, 5.41) is 9.80. The normalized spacial score (nSPS) is 10.4. The number of amides is 2. The molecule has 0 unspecified atom stereocenters. The lowest BCUT2D eigenvalue weighted by Crippen LogP contribution is -2.28. The van der Waals surface area contributed by atoms with Crippen molar-refractivity contribution in [1.82, 2.24) is 15.5 Å². The minimum absolute atomic E-state index is 0.120. The molecule has 0 fully saturated rings. The van der Waals surface area contributed by atoms with Crippen molar-refractivity contribution in [1.29, 1.82) is 0 Å². The largest absolute Gasteiger partial charge is 0.337 e. The van der Waals surface area contributed by atoms with Crippen LogP contribution in [0.25, 0.3) is 11.4 Å². The number of nitrogens with one attached hydrogen (secondary N) is 2. The second-order valence-electron chi connectivity index (χ2n) is 5.17. The second kappa shape index (κ2) is 7.14. The first-order valence-corrected chi connectivity index (χ1v) is 7.68. The summed E-state index contributed by atoms with van der Waals surface area (Å²) in [7, 11) is 0. The van der Waals surface area contributed by atoms with Crippen LogP contribution in [-0.4, -0.2) is 16.2 Å². The van der Waals surface area contributed by atoms with Crippen LogP contribution >= 0.6 is 11.6 Å². The molecule has 24 heavy (non-hydrogen) atoms. The fraction of sp³-hybridized carbons (Fsp3) is 0.118. The molecule has 2 N–H and O–H groups in total. The molecule has 0 aliphatic carbocycles. The van der Waals surface area contributed by atoms with Gasteiger partial charge in [-0.3, -0.25) is 0 Å². The summed E-state index contributed by atoms with van der Waals surface area (Å²) in [6.45, 7) is 2.10. The van der Waals surface area contributed by atoms with Crippen molar-refractivity contribution in [3.05, 3.63) is 65.0 Å². The molecule has 0 aliphatic heterocycles. The van der Waals surface area contributed by atoms with Gasteiger partial charge in [0.05, 0.1) is 11.6 Å². The van der Waals surface area contributed by atoms with E-state index in [1.54, 1.807) is 12.1 Å². The van der Waals surface area contributed by atoms with Crippen molar-refractivity contribution in [2.75, 3.05) is 5.32 Å². The van der Waals surface area contributed by atoms with Crippen LogP contribution in [0.1, 0.15) is 11.5 Å². The first-order chi connectivity index (χ1) is 11.6. The van der Waals surface area contributed by atoms with E-state index < -0.39 is 0 Å². The maximum atomic E-state index is 11.9. The van der Waals surface area contributed by atoms with Crippen LogP contribution in [0, 0.1) is 6.92 Å². The molecule has 0 saturated heterocycles. The summed E-state index contributed by atoms with van der Waals surface area (Å²) < 4.78 is 5.13. The number of carbonyl (C=O) groups excluding carboxylic acids is 1. The van der Waals surface area contributed by atoms with E-state index in [0.29, 0.717) is 28.0 Å². The van der Waals surface area contributed by atoms with Crippen LogP contribution in [0.2, 0.25) is 5.02 Å². The van der Waals surface area contributed by atoms with Gasteiger partial charge in [0, 0.05) is 11.3 Å². The Balaban J connectivity index is 1.58. The van der Waals surface area contributed by atoms with E-state index in [1.165, 1.54) is 0 Å². The average Bonchev–Trinajstić information content (AvgIpc) is 3.04. The van der Waals surface area contributed by atoms with Crippen molar-refractivity contribution in [2.24, 2.45) is 0 Å². The smallest absolute Gasteiger partial charge is 0.319 e. The number of urea groups is 1. The predicted molar refractivity (Wildman–Crippen MR) is 91.8 cm³/mol. The molecule has 122 valence electrons. The molecule has 0 aliphatic rings. The summed E-state index contributed by atoms with van der Waals surface area (Å²) in [6.07, 6.45) is 0. The topological polar surface area (TPSA) is 80.0 Å². The number of anilines is 1. The van der Waals surface area contributed by atoms with E-state index in [0.717, 1.165) is 5.56 Å². The van der Waals surface area contributed by atoms with E-state index in [-0.39, 0.29) is 12.6 Å². The minimum atomic E-state index is -0.351. The summed E-state index contributed by atoms with van der Waals surface area (Å²) in [5.41, 5.74) is 2.51. The number of aryl methyl sites for hydroxylation is 1. The van der Waals surface area contributed by atoms with Gasteiger partial charge in [-0.05, 0) is 31.2 Å². The van der Waals surface area contributed by atoms with Crippen molar-refractivity contribution in [3.8, 4) is 11.4 Å². The fourth-order valence-electron chi connectivity index (χ4n) is 2.05. The highest BCUT2D eigenvalue weighted by Crippen LogP contribution is 2.24. The molecular weight excluding hydrogens is 328 g/mol. The zero-order valence-corrected chi connectivity index (χ0v) is 13.7. The molecule has 0 spiro atoms. The first kappa shape index (κ1) is 16.0. The van der Waals surface area contributed by atoms with Crippen LogP contribution in [0.3, 0.4) is 0 Å². The molecule has 1 aromatic heterocycles. The Labute approximate surface area is 143 Å². The molecule has 0 radical (unpaired) electrons. The van der Waals surface area contributed by atoms with E-state index in [1.807, 2.05) is 43.3 Å². The van der Waals surface area contributed by atoms with Crippen LogP contribution in [0.5, 0.6) is 0 Å². The van der Waals surface area contributed by atoms with Gasteiger partial charge in [0.15, 0.2) is 0 Å². The van der Waals surface area contributed by atoms with Crippen molar-refractivity contribution < 1.29 is 9.32 Å². The number of halogens is 1. The number of rotatable bonds is 4. The zero-order valence-electron chi connectivity index (χ0n) is 12.9. The van der Waals surface area contributed by atoms with Crippen molar-refractivity contribution in [3.63, 3.8) is 0 Å². The van der Waals surface area contributed by atoms with Gasteiger partial charge in [0.1, 0.15) is 0 Å². The minimum Gasteiger partial charge on any atom is -0.337 e. The summed E-state index contributed by atoms with van der Waals surface area (Å²) in [5.74, 6) is 0.681. The van der Waals surface area contributed by atoms with Crippen LogP contribution < -0.4 is 10.6 Å². The van der Waals surface area contributed by atoms with Gasteiger partial charge < -0.3 is 15.2 Å². The van der Waals surface area contributed by atoms with Gasteiger partial charge in [-0.2, -0.15) is 4.98 Å². The van der Waals surface area contributed by atoms with Gasteiger partial charge in [0.25, 0.3) is 0 Å². The third kappa shape index (κ3) is 3.91. The molecule has 2 amide bonds. The van der Waals surface area contributed by atoms with Gasteiger partial charge >= 0.3 is 6.03 Å². The summed E-state index contributed by atoms with van der Waals surface area (Å²) in [4.78, 5) is 16.1. The Bertz CT molecular complexity index is 846. The SMILES string of the molecule is Cc1ccc(NC(=O)NCc2nc(-c3ccccc3Cl)no2)cc1. The highest BCUT2D eigenvalue weighted by atomic mass is 35.5. The van der Waals surface area contributed by atoms with E-state index in [9.17, 15) is 4.79 Å². The van der Waals surface area contributed by atoms with Crippen molar-refractivity contribution in [2.45, 2.75) is 13.5 Å². The lowest BCUT2D eigenvalue weighted by atomic mass is 10.2. The second-order valence-corrected chi connectivity index (χ2v) is 5.57. The molecule has 3 aromatic rings. The van der Waals surface area contributed by atoms with Gasteiger partial charge in [-0.25, -0.2) is 4.79 Å². The molecule has 7 heteroatoms. The quantitative estimate of drug-likeness (QED) is 0.750. The van der Waals surface area contributed by atoms with Gasteiger partial charge in [-0.1, -0.05) is 46.6 Å². The number of nitrogens with zero attached hydrogens (tertiary/aromatic N) is 2. The monoisotopic (exact) mass is 342 g/mol. The Hall–Kier alpha value is -2.86. The number of benzene rings is 2. The van der Waals surface area contributed by atoms with E-state index in [4.69, 9.17) is 16.1 Å². The number of hydrogen-bond acceptors (Lipinski definition) is 4. The van der Waals surface area contributed by atoms with Gasteiger partial charge in [0.2, 0.25) is 11.7 Å². The molecule has 1 heterocycles. The molecule has 2 aromatic carbocycles. The van der Waals surface area contributed by atoms with Gasteiger partial charge in [-0.15, -0.1) is 0 Å². The van der Waals surface area contributed by atoms with Crippen LogP contribution in [0.15, 0.2) is 53.1 Å². The maximum absolute atomic E-state index is 11.9. The number of carbonyl (C=O) groups is 1. The summed E-state index contributed by atoms with van der Waals surface area (Å²) >= 11 is 6.10. The molecule has 0 saturated carbocycles. The highest BCUT2D eigenvalue weighted by molar-refractivity contribution is 6.33. The Morgan fingerprint density at radius 1 is 1.17 bits per heavy atom. The Morgan fingerprint density at radius 3 is 2.67 bits per heavy atom. The number of aromatic nitrogens is 2. The third-order valence-corrected chi connectivity index (χ3v) is 3.62. The Kier molecular flexibility index (Phi) is 4.77. The fourth-order valence-corrected chi connectivity index (χ4v) is 2.27. The molecular formula is C17H15ClN4O2. The summed E-state index contributed by atoms with van der Waals surface area (Å²) in [6, 6.07) is 14.4. The van der Waals surface area contributed by atoms with E-state index >= 15 is 0 Å². The lowest BCUT2D eigenvalue weighted by Gasteiger charge is -2.05. The molecule has 0 atom stereocenters. The third-order valence-electron chi connectivity index (χ3n) is 3.29. The van der Waals surface area contributed by atoms with Crippen LogP contribution in [-0.2, 0) is 6.54 Å². The highest BCUT2D eigenvalue weighted by Gasteiger charge is 2.12. The van der Waals surface area contributed by atoms with Crippen molar-refractivity contribution >= 4 is 23.3 Å². The molecule has 6 nitrogen and oxygen atoms in total. The predicted octanol–water partition coefficient (Wildman–Crippen LogP) is 4.02. The maximum Gasteiger partial charge on any atom is 0.319 e. The van der Waals surface area contributed by atoms with E-state index in [2.05, 4.69) is 20.8 Å². The molecule has 0 bridgehead atoms. The molecule has 3 rings (SSSR count).